The van der Waals surface area contributed by atoms with E-state index in [4.69, 9.17) is 10.5 Å². The summed E-state index contributed by atoms with van der Waals surface area (Å²) < 4.78 is 7.17. The van der Waals surface area contributed by atoms with Gasteiger partial charge in [-0.05, 0) is 13.8 Å². The summed E-state index contributed by atoms with van der Waals surface area (Å²) in [6, 6.07) is 0. The predicted octanol–water partition coefficient (Wildman–Crippen LogP) is 0.184. The van der Waals surface area contributed by atoms with Crippen molar-refractivity contribution in [2.75, 3.05) is 26.3 Å². The minimum atomic E-state index is 0.592. The van der Waals surface area contributed by atoms with Gasteiger partial charge in [0, 0.05) is 31.4 Å². The van der Waals surface area contributed by atoms with Crippen LogP contribution in [0.1, 0.15) is 17.0 Å². The Kier molecular flexibility index (Phi) is 3.86. The number of rotatable bonds is 2. The van der Waals surface area contributed by atoms with Gasteiger partial charge in [0.15, 0.2) is 5.96 Å². The van der Waals surface area contributed by atoms with E-state index in [0.717, 1.165) is 43.3 Å². The quantitative estimate of drug-likeness (QED) is 0.601. The molecule has 18 heavy (non-hydrogen) atoms. The van der Waals surface area contributed by atoms with Crippen molar-refractivity contribution >= 4 is 5.96 Å². The second-order valence-corrected chi connectivity index (χ2v) is 4.55. The molecule has 0 saturated carbocycles. The van der Waals surface area contributed by atoms with Gasteiger partial charge in [-0.15, -0.1) is 0 Å². The first-order valence-electron chi connectivity index (χ1n) is 6.21. The SMILES string of the molecule is Cc1nn(C)c(C)c1CN=C(N)N1CCOCC1. The van der Waals surface area contributed by atoms with Crippen LogP contribution in [-0.2, 0) is 18.3 Å². The number of aliphatic imine (C=N–C) groups is 1. The van der Waals surface area contributed by atoms with E-state index in [1.54, 1.807) is 0 Å². The summed E-state index contributed by atoms with van der Waals surface area (Å²) in [5.74, 6) is 0.598. The normalized spacial score (nSPS) is 17.3. The highest BCUT2D eigenvalue weighted by Crippen LogP contribution is 2.13. The molecule has 0 bridgehead atoms. The van der Waals surface area contributed by atoms with Crippen molar-refractivity contribution in [3.63, 3.8) is 0 Å². The Morgan fingerprint density at radius 3 is 2.61 bits per heavy atom. The minimum Gasteiger partial charge on any atom is -0.378 e. The molecule has 1 fully saturated rings. The van der Waals surface area contributed by atoms with Crippen LogP contribution in [0, 0.1) is 13.8 Å². The number of ether oxygens (including phenoxy) is 1. The number of hydrogen-bond acceptors (Lipinski definition) is 3. The van der Waals surface area contributed by atoms with E-state index in [0.29, 0.717) is 12.5 Å². The Hall–Kier alpha value is -1.56. The fourth-order valence-electron chi connectivity index (χ4n) is 2.10. The van der Waals surface area contributed by atoms with Crippen LogP contribution in [0.4, 0.5) is 0 Å². The van der Waals surface area contributed by atoms with Crippen molar-refractivity contribution in [3.8, 4) is 0 Å². The molecular weight excluding hydrogens is 230 g/mol. The Labute approximate surface area is 107 Å². The van der Waals surface area contributed by atoms with Crippen molar-refractivity contribution < 1.29 is 4.74 Å². The molecule has 0 unspecified atom stereocenters. The summed E-state index contributed by atoms with van der Waals surface area (Å²) in [6.45, 7) is 7.73. The molecule has 100 valence electrons. The Balaban J connectivity index is 2.05. The highest BCUT2D eigenvalue weighted by atomic mass is 16.5. The number of morpholine rings is 1. The number of aryl methyl sites for hydroxylation is 2. The summed E-state index contributed by atoms with van der Waals surface area (Å²) in [4.78, 5) is 6.52. The first-order valence-corrected chi connectivity index (χ1v) is 6.21. The minimum absolute atomic E-state index is 0.592. The van der Waals surface area contributed by atoms with Gasteiger partial charge in [-0.25, -0.2) is 4.99 Å². The number of aromatic nitrogens is 2. The zero-order valence-electron chi connectivity index (χ0n) is 11.3. The van der Waals surface area contributed by atoms with E-state index in [9.17, 15) is 0 Å². The average molecular weight is 251 g/mol. The lowest BCUT2D eigenvalue weighted by Gasteiger charge is -2.27. The maximum Gasteiger partial charge on any atom is 0.191 e. The first kappa shape index (κ1) is 12.9. The average Bonchev–Trinajstić information content (AvgIpc) is 2.62. The standard InChI is InChI=1S/C12H21N5O/c1-9-11(10(2)16(3)15-9)8-14-12(13)17-4-6-18-7-5-17/h4-8H2,1-3H3,(H2,13,14). The van der Waals surface area contributed by atoms with Crippen LogP contribution in [0.25, 0.3) is 0 Å². The molecule has 0 aromatic carbocycles. The van der Waals surface area contributed by atoms with Crippen molar-refractivity contribution in [3.05, 3.63) is 17.0 Å². The lowest BCUT2D eigenvalue weighted by molar-refractivity contribution is 0.0674. The van der Waals surface area contributed by atoms with Crippen LogP contribution in [-0.4, -0.2) is 46.9 Å². The van der Waals surface area contributed by atoms with Crippen LogP contribution in [0.5, 0.6) is 0 Å². The van der Waals surface area contributed by atoms with E-state index in [1.165, 1.54) is 0 Å². The van der Waals surface area contributed by atoms with Gasteiger partial charge in [0.1, 0.15) is 0 Å². The summed E-state index contributed by atoms with van der Waals surface area (Å²) in [7, 11) is 1.95. The zero-order valence-corrected chi connectivity index (χ0v) is 11.3. The zero-order chi connectivity index (χ0) is 13.1. The monoisotopic (exact) mass is 251 g/mol. The highest BCUT2D eigenvalue weighted by Gasteiger charge is 2.13. The fraction of sp³-hybridized carbons (Fsp3) is 0.667. The smallest absolute Gasteiger partial charge is 0.191 e. The van der Waals surface area contributed by atoms with Gasteiger partial charge in [0.2, 0.25) is 0 Å². The van der Waals surface area contributed by atoms with Crippen molar-refractivity contribution in [2.24, 2.45) is 17.8 Å². The fourth-order valence-corrected chi connectivity index (χ4v) is 2.10. The van der Waals surface area contributed by atoms with Crippen LogP contribution in [0.2, 0.25) is 0 Å². The van der Waals surface area contributed by atoms with E-state index in [-0.39, 0.29) is 0 Å². The molecule has 0 amide bonds. The molecule has 1 aromatic rings. The van der Waals surface area contributed by atoms with Crippen LogP contribution in [0.3, 0.4) is 0 Å². The molecule has 0 atom stereocenters. The van der Waals surface area contributed by atoms with Gasteiger partial charge in [0.05, 0.1) is 25.5 Å². The van der Waals surface area contributed by atoms with E-state index >= 15 is 0 Å². The Morgan fingerprint density at radius 2 is 2.06 bits per heavy atom. The topological polar surface area (TPSA) is 68.7 Å². The third-order valence-corrected chi connectivity index (χ3v) is 3.39. The van der Waals surface area contributed by atoms with Gasteiger partial charge in [-0.1, -0.05) is 0 Å². The Bertz CT molecular complexity index is 446. The molecule has 6 nitrogen and oxygen atoms in total. The molecule has 2 rings (SSSR count). The van der Waals surface area contributed by atoms with Gasteiger partial charge in [-0.3, -0.25) is 4.68 Å². The number of nitrogens with two attached hydrogens (primary N) is 1. The second kappa shape index (κ2) is 5.39. The molecule has 0 spiro atoms. The van der Waals surface area contributed by atoms with Crippen molar-refractivity contribution in [2.45, 2.75) is 20.4 Å². The van der Waals surface area contributed by atoms with E-state index in [2.05, 4.69) is 21.9 Å². The van der Waals surface area contributed by atoms with Crippen LogP contribution in [0.15, 0.2) is 4.99 Å². The molecule has 0 aliphatic carbocycles. The van der Waals surface area contributed by atoms with Gasteiger partial charge >= 0.3 is 0 Å². The molecular formula is C12H21N5O. The maximum atomic E-state index is 6.00. The molecule has 0 radical (unpaired) electrons. The molecule has 1 aromatic heterocycles. The highest BCUT2D eigenvalue weighted by molar-refractivity contribution is 5.78. The Morgan fingerprint density at radius 1 is 1.39 bits per heavy atom. The van der Waals surface area contributed by atoms with Gasteiger partial charge in [0.25, 0.3) is 0 Å². The third-order valence-electron chi connectivity index (χ3n) is 3.39. The number of hydrogen-bond donors (Lipinski definition) is 1. The molecule has 2 N–H and O–H groups in total. The molecule has 6 heteroatoms. The summed E-state index contributed by atoms with van der Waals surface area (Å²) >= 11 is 0. The van der Waals surface area contributed by atoms with Crippen LogP contribution >= 0.6 is 0 Å². The summed E-state index contributed by atoms with van der Waals surface area (Å²) in [5, 5.41) is 4.37. The second-order valence-electron chi connectivity index (χ2n) is 4.55. The predicted molar refractivity (Wildman–Crippen MR) is 70.4 cm³/mol. The summed E-state index contributed by atoms with van der Waals surface area (Å²) in [5.41, 5.74) is 9.32. The number of guanidine groups is 1. The summed E-state index contributed by atoms with van der Waals surface area (Å²) in [6.07, 6.45) is 0. The molecule has 1 saturated heterocycles. The number of nitrogens with zero attached hydrogens (tertiary/aromatic N) is 4. The maximum absolute atomic E-state index is 6.00. The first-order chi connectivity index (χ1) is 8.59. The molecule has 1 aliphatic heterocycles. The van der Waals surface area contributed by atoms with Crippen molar-refractivity contribution in [1.82, 2.24) is 14.7 Å². The van der Waals surface area contributed by atoms with E-state index in [1.807, 2.05) is 18.7 Å². The van der Waals surface area contributed by atoms with Crippen LogP contribution < -0.4 is 5.73 Å². The van der Waals surface area contributed by atoms with Gasteiger partial charge in [-0.2, -0.15) is 5.10 Å². The van der Waals surface area contributed by atoms with Gasteiger partial charge < -0.3 is 15.4 Å². The van der Waals surface area contributed by atoms with E-state index < -0.39 is 0 Å². The largest absolute Gasteiger partial charge is 0.378 e. The van der Waals surface area contributed by atoms with Crippen molar-refractivity contribution in [1.29, 1.82) is 0 Å². The molecule has 1 aliphatic rings. The third kappa shape index (κ3) is 2.64. The molecule has 2 heterocycles. The lowest BCUT2D eigenvalue weighted by atomic mass is 10.2. The lowest BCUT2D eigenvalue weighted by Crippen LogP contribution is -2.44.